The first-order valence-corrected chi connectivity index (χ1v) is 6.43. The number of fused-ring (bicyclic) bond motifs is 1. The molecule has 1 N–H and O–H groups in total. The largest absolute Gasteiger partial charge is 0.480 e. The Bertz CT molecular complexity index is 447. The summed E-state index contributed by atoms with van der Waals surface area (Å²) < 4.78 is 1.44. The van der Waals surface area contributed by atoms with Gasteiger partial charge in [0.05, 0.1) is 0 Å². The third kappa shape index (κ3) is 2.35. The minimum Gasteiger partial charge on any atom is -0.480 e. The SMILES string of the molecule is O=C(O)Cn1c2c(sc1=O)CCCCCC2. The highest BCUT2D eigenvalue weighted by Gasteiger charge is 2.17. The third-order valence-corrected chi connectivity index (χ3v) is 4.02. The summed E-state index contributed by atoms with van der Waals surface area (Å²) in [5.41, 5.74) is 0.970. The van der Waals surface area contributed by atoms with Gasteiger partial charge >= 0.3 is 10.8 Å². The van der Waals surface area contributed by atoms with Gasteiger partial charge in [-0.3, -0.25) is 14.2 Å². The van der Waals surface area contributed by atoms with E-state index in [1.54, 1.807) is 0 Å². The number of nitrogens with zero attached hydrogens (tertiary/aromatic N) is 1. The number of carbonyl (C=O) groups is 1. The van der Waals surface area contributed by atoms with Crippen LogP contribution in [0.4, 0.5) is 0 Å². The molecule has 0 saturated carbocycles. The fourth-order valence-electron chi connectivity index (χ4n) is 2.18. The lowest BCUT2D eigenvalue weighted by molar-refractivity contribution is -0.137. The molecule has 0 aromatic carbocycles. The van der Waals surface area contributed by atoms with E-state index in [0.29, 0.717) is 0 Å². The molecule has 0 bridgehead atoms. The van der Waals surface area contributed by atoms with Crippen LogP contribution in [0.15, 0.2) is 4.79 Å². The molecule has 1 heterocycles. The third-order valence-electron chi connectivity index (χ3n) is 2.94. The van der Waals surface area contributed by atoms with Crippen LogP contribution in [0.2, 0.25) is 0 Å². The number of aromatic nitrogens is 1. The van der Waals surface area contributed by atoms with Crippen molar-refractivity contribution in [3.8, 4) is 0 Å². The van der Waals surface area contributed by atoms with Gasteiger partial charge in [-0.15, -0.1) is 0 Å². The average molecular weight is 241 g/mol. The number of carboxylic acid groups (broad SMARTS) is 1. The van der Waals surface area contributed by atoms with Crippen LogP contribution in [0.25, 0.3) is 0 Å². The number of rotatable bonds is 2. The number of hydrogen-bond donors (Lipinski definition) is 1. The summed E-state index contributed by atoms with van der Waals surface area (Å²) in [7, 11) is 0. The average Bonchev–Trinajstić information content (AvgIpc) is 2.43. The monoisotopic (exact) mass is 241 g/mol. The molecule has 1 aromatic heterocycles. The number of thiazole rings is 1. The molecule has 0 amide bonds. The van der Waals surface area contributed by atoms with Gasteiger partial charge in [-0.25, -0.2) is 0 Å². The predicted octanol–water partition coefficient (Wildman–Crippen LogP) is 1.65. The molecule has 2 rings (SSSR count). The van der Waals surface area contributed by atoms with Gasteiger partial charge in [0.2, 0.25) is 0 Å². The molecule has 4 nitrogen and oxygen atoms in total. The Balaban J connectivity index is 2.36. The zero-order valence-corrected chi connectivity index (χ0v) is 9.89. The second kappa shape index (κ2) is 4.82. The van der Waals surface area contributed by atoms with Crippen LogP contribution in [-0.2, 0) is 24.2 Å². The molecule has 1 aromatic rings. The molecule has 0 fully saturated rings. The Morgan fingerprint density at radius 1 is 1.25 bits per heavy atom. The standard InChI is InChI=1S/C11H15NO3S/c13-10(14)7-12-8-5-3-1-2-4-6-9(8)16-11(12)15/h1-7H2,(H,13,14). The van der Waals surface area contributed by atoms with E-state index in [2.05, 4.69) is 0 Å². The molecule has 5 heteroatoms. The molecular formula is C11H15NO3S. The van der Waals surface area contributed by atoms with Gasteiger partial charge in [-0.05, 0) is 25.7 Å². The normalized spacial score (nSPS) is 16.2. The lowest BCUT2D eigenvalue weighted by Gasteiger charge is -2.11. The van der Waals surface area contributed by atoms with E-state index in [4.69, 9.17) is 5.11 Å². The summed E-state index contributed by atoms with van der Waals surface area (Å²) >= 11 is 1.23. The van der Waals surface area contributed by atoms with Crippen molar-refractivity contribution in [2.24, 2.45) is 0 Å². The second-order valence-corrected chi connectivity index (χ2v) is 5.18. The number of carboxylic acids is 1. The van der Waals surface area contributed by atoms with Gasteiger partial charge in [0, 0.05) is 10.6 Å². The highest BCUT2D eigenvalue weighted by Crippen LogP contribution is 2.22. The van der Waals surface area contributed by atoms with E-state index >= 15 is 0 Å². The lowest BCUT2D eigenvalue weighted by atomic mass is 10.0. The maximum absolute atomic E-state index is 11.7. The molecular weight excluding hydrogens is 226 g/mol. The molecule has 0 spiro atoms. The molecule has 1 aliphatic rings. The number of aryl methyl sites for hydroxylation is 1. The minimum atomic E-state index is -0.940. The maximum atomic E-state index is 11.7. The molecule has 16 heavy (non-hydrogen) atoms. The molecule has 0 atom stereocenters. The van der Waals surface area contributed by atoms with Crippen molar-refractivity contribution in [2.75, 3.05) is 0 Å². The summed E-state index contributed by atoms with van der Waals surface area (Å²) in [6.07, 6.45) is 6.34. The van der Waals surface area contributed by atoms with Gasteiger partial charge in [-0.2, -0.15) is 0 Å². The van der Waals surface area contributed by atoms with Crippen LogP contribution in [0.3, 0.4) is 0 Å². The first-order valence-electron chi connectivity index (χ1n) is 5.61. The van der Waals surface area contributed by atoms with E-state index in [1.807, 2.05) is 0 Å². The summed E-state index contributed by atoms with van der Waals surface area (Å²) in [6, 6.07) is 0. The molecule has 0 radical (unpaired) electrons. The zero-order valence-electron chi connectivity index (χ0n) is 9.07. The lowest BCUT2D eigenvalue weighted by Crippen LogP contribution is -2.21. The first kappa shape index (κ1) is 11.4. The van der Waals surface area contributed by atoms with Gasteiger partial charge in [0.15, 0.2) is 0 Å². The van der Waals surface area contributed by atoms with E-state index < -0.39 is 5.97 Å². The molecule has 0 aliphatic heterocycles. The van der Waals surface area contributed by atoms with Crippen LogP contribution in [0.1, 0.15) is 36.3 Å². The Hall–Kier alpha value is -1.10. The van der Waals surface area contributed by atoms with E-state index in [1.165, 1.54) is 28.7 Å². The summed E-state index contributed by atoms with van der Waals surface area (Å²) in [4.78, 5) is 23.4. The minimum absolute atomic E-state index is 0.116. The molecule has 0 saturated heterocycles. The van der Waals surface area contributed by atoms with E-state index in [9.17, 15) is 9.59 Å². The zero-order chi connectivity index (χ0) is 11.5. The Kier molecular flexibility index (Phi) is 3.43. The van der Waals surface area contributed by atoms with Crippen molar-refractivity contribution in [3.63, 3.8) is 0 Å². The van der Waals surface area contributed by atoms with Crippen LogP contribution < -0.4 is 4.87 Å². The Morgan fingerprint density at radius 3 is 2.62 bits per heavy atom. The van der Waals surface area contributed by atoms with Crippen molar-refractivity contribution in [1.82, 2.24) is 4.57 Å². The quantitative estimate of drug-likeness (QED) is 0.856. The van der Waals surface area contributed by atoms with Crippen molar-refractivity contribution < 1.29 is 9.90 Å². The van der Waals surface area contributed by atoms with Crippen molar-refractivity contribution in [2.45, 2.75) is 45.1 Å². The number of aliphatic carboxylic acids is 1. The highest BCUT2D eigenvalue weighted by atomic mass is 32.1. The molecule has 1 aliphatic carbocycles. The van der Waals surface area contributed by atoms with Gasteiger partial charge in [-0.1, -0.05) is 24.2 Å². The maximum Gasteiger partial charge on any atom is 0.323 e. The molecule has 88 valence electrons. The van der Waals surface area contributed by atoms with Crippen molar-refractivity contribution in [3.05, 3.63) is 20.2 Å². The Morgan fingerprint density at radius 2 is 1.94 bits per heavy atom. The van der Waals surface area contributed by atoms with Gasteiger partial charge in [0.25, 0.3) is 0 Å². The van der Waals surface area contributed by atoms with Crippen LogP contribution >= 0.6 is 11.3 Å². The van der Waals surface area contributed by atoms with E-state index in [-0.39, 0.29) is 11.4 Å². The topological polar surface area (TPSA) is 59.3 Å². The summed E-state index contributed by atoms with van der Waals surface area (Å²) in [5.74, 6) is -0.940. The van der Waals surface area contributed by atoms with Gasteiger partial charge in [0.1, 0.15) is 6.54 Å². The first-order chi connectivity index (χ1) is 7.68. The highest BCUT2D eigenvalue weighted by molar-refractivity contribution is 7.09. The van der Waals surface area contributed by atoms with Crippen LogP contribution in [0.5, 0.6) is 0 Å². The smallest absolute Gasteiger partial charge is 0.323 e. The summed E-state index contributed by atoms with van der Waals surface area (Å²) in [6.45, 7) is -0.190. The molecule has 0 unspecified atom stereocenters. The van der Waals surface area contributed by atoms with Crippen molar-refractivity contribution in [1.29, 1.82) is 0 Å². The van der Waals surface area contributed by atoms with Crippen LogP contribution in [0, 0.1) is 0 Å². The second-order valence-electron chi connectivity index (χ2n) is 4.13. The predicted molar refractivity (Wildman–Crippen MR) is 62.1 cm³/mol. The van der Waals surface area contributed by atoms with E-state index in [0.717, 1.165) is 36.3 Å². The van der Waals surface area contributed by atoms with Crippen LogP contribution in [-0.4, -0.2) is 15.6 Å². The fraction of sp³-hybridized carbons (Fsp3) is 0.636. The Labute approximate surface area is 97.5 Å². The van der Waals surface area contributed by atoms with Crippen molar-refractivity contribution >= 4 is 17.3 Å². The number of hydrogen-bond acceptors (Lipinski definition) is 3. The fourth-order valence-corrected chi connectivity index (χ4v) is 3.25. The van der Waals surface area contributed by atoms with Gasteiger partial charge < -0.3 is 5.11 Å². The summed E-state index contributed by atoms with van der Waals surface area (Å²) in [5, 5.41) is 8.78.